The minimum atomic E-state index is -0.0250. The monoisotopic (exact) mass is 522 g/mol. The second-order valence-electron chi connectivity index (χ2n) is 10.4. The van der Waals surface area contributed by atoms with Gasteiger partial charge in [-0.05, 0) is 63.4 Å². The van der Waals surface area contributed by atoms with Crippen molar-refractivity contribution in [3.05, 3.63) is 65.0 Å². The number of anilines is 1. The maximum atomic E-state index is 12.5. The predicted molar refractivity (Wildman–Crippen MR) is 156 cm³/mol. The van der Waals surface area contributed by atoms with Crippen molar-refractivity contribution in [3.63, 3.8) is 0 Å². The molecule has 6 nitrogen and oxygen atoms in total. The zero-order valence-corrected chi connectivity index (χ0v) is 24.1. The summed E-state index contributed by atoms with van der Waals surface area (Å²) in [6, 6.07) is 16.9. The van der Waals surface area contributed by atoms with Crippen LogP contribution in [0.25, 0.3) is 11.3 Å². The van der Waals surface area contributed by atoms with Crippen molar-refractivity contribution >= 4 is 22.4 Å². The first-order valence-corrected chi connectivity index (χ1v) is 14.0. The summed E-state index contributed by atoms with van der Waals surface area (Å²) in [5.74, 6) is 1.22. The smallest absolute Gasteiger partial charge is 0.251 e. The highest BCUT2D eigenvalue weighted by atomic mass is 32.1. The van der Waals surface area contributed by atoms with Gasteiger partial charge in [-0.2, -0.15) is 0 Å². The predicted octanol–water partition coefficient (Wildman–Crippen LogP) is 6.33. The van der Waals surface area contributed by atoms with Crippen LogP contribution in [0.15, 0.2) is 53.9 Å². The minimum absolute atomic E-state index is 0.0250. The molecule has 0 unspecified atom stereocenters. The molecular weight excluding hydrogens is 480 g/mol. The highest BCUT2D eigenvalue weighted by molar-refractivity contribution is 7.14. The number of rotatable bonds is 13. The van der Waals surface area contributed by atoms with Crippen LogP contribution in [0.4, 0.5) is 5.13 Å². The van der Waals surface area contributed by atoms with Gasteiger partial charge in [-0.1, -0.05) is 38.1 Å². The molecule has 0 saturated heterocycles. The molecule has 0 fully saturated rings. The van der Waals surface area contributed by atoms with Gasteiger partial charge in [0.15, 0.2) is 5.13 Å². The van der Waals surface area contributed by atoms with E-state index in [1.807, 2.05) is 36.4 Å². The first-order valence-electron chi connectivity index (χ1n) is 13.2. The van der Waals surface area contributed by atoms with E-state index in [-0.39, 0.29) is 5.91 Å². The Kier molecular flexibility index (Phi) is 10.5. The summed E-state index contributed by atoms with van der Waals surface area (Å²) in [4.78, 5) is 22.3. The van der Waals surface area contributed by atoms with Crippen LogP contribution in [-0.4, -0.2) is 54.6 Å². The summed E-state index contributed by atoms with van der Waals surface area (Å²) in [6.07, 6.45) is 0. The van der Waals surface area contributed by atoms with Crippen molar-refractivity contribution in [2.75, 3.05) is 31.6 Å². The van der Waals surface area contributed by atoms with Gasteiger partial charge in [-0.15, -0.1) is 11.3 Å². The van der Waals surface area contributed by atoms with Crippen LogP contribution in [0.1, 0.15) is 57.5 Å². The van der Waals surface area contributed by atoms with E-state index in [9.17, 15) is 4.79 Å². The topological polar surface area (TPSA) is 57.7 Å². The number of ether oxygens (including phenoxy) is 1. The highest BCUT2D eigenvalue weighted by Gasteiger charge is 2.19. The number of amides is 1. The van der Waals surface area contributed by atoms with E-state index < -0.39 is 0 Å². The van der Waals surface area contributed by atoms with E-state index in [1.54, 1.807) is 18.4 Å². The molecular formula is C30H42N4O2S. The largest absolute Gasteiger partial charge is 0.496 e. The Hall–Kier alpha value is -2.90. The Morgan fingerprint density at radius 3 is 2.27 bits per heavy atom. The van der Waals surface area contributed by atoms with Crippen molar-refractivity contribution < 1.29 is 9.53 Å². The van der Waals surface area contributed by atoms with Crippen molar-refractivity contribution in [3.8, 4) is 17.0 Å². The van der Waals surface area contributed by atoms with Crippen molar-refractivity contribution in [2.45, 2.75) is 60.2 Å². The average molecular weight is 523 g/mol. The Balaban J connectivity index is 1.82. The van der Waals surface area contributed by atoms with Crippen LogP contribution < -0.4 is 15.0 Å². The SMILES string of the molecule is COc1ccccc1-c1csc(N(CCN(C(C)C)C(C)C)Cc2ccc(C(=O)NCC(C)C)cc2)n1. The van der Waals surface area contributed by atoms with E-state index in [4.69, 9.17) is 9.72 Å². The van der Waals surface area contributed by atoms with Gasteiger partial charge in [0, 0.05) is 54.8 Å². The highest BCUT2D eigenvalue weighted by Crippen LogP contribution is 2.33. The molecule has 0 radical (unpaired) electrons. The molecule has 1 amide bonds. The van der Waals surface area contributed by atoms with Crippen LogP contribution in [-0.2, 0) is 6.54 Å². The minimum Gasteiger partial charge on any atom is -0.496 e. The second kappa shape index (κ2) is 13.6. The molecule has 1 N–H and O–H groups in total. The van der Waals surface area contributed by atoms with Gasteiger partial charge in [0.05, 0.1) is 12.8 Å². The van der Waals surface area contributed by atoms with Gasteiger partial charge in [0.2, 0.25) is 0 Å². The second-order valence-corrected chi connectivity index (χ2v) is 11.2. The summed E-state index contributed by atoms with van der Waals surface area (Å²) in [6.45, 7) is 16.4. The summed E-state index contributed by atoms with van der Waals surface area (Å²) in [5, 5.41) is 6.07. The van der Waals surface area contributed by atoms with Gasteiger partial charge in [0.25, 0.3) is 5.91 Å². The average Bonchev–Trinajstić information content (AvgIpc) is 3.36. The molecule has 3 rings (SSSR count). The van der Waals surface area contributed by atoms with Gasteiger partial charge in [-0.3, -0.25) is 9.69 Å². The normalized spacial score (nSPS) is 11.5. The van der Waals surface area contributed by atoms with Crippen molar-refractivity contribution in [1.82, 2.24) is 15.2 Å². The van der Waals surface area contributed by atoms with Crippen LogP contribution in [0.5, 0.6) is 5.75 Å². The van der Waals surface area contributed by atoms with E-state index in [2.05, 4.69) is 74.2 Å². The van der Waals surface area contributed by atoms with Crippen LogP contribution in [0, 0.1) is 5.92 Å². The van der Waals surface area contributed by atoms with Crippen LogP contribution >= 0.6 is 11.3 Å². The standard InChI is InChI=1S/C30H42N4O2S/c1-21(2)18-31-29(35)25-14-12-24(13-15-25)19-33(16-17-34(22(3)4)23(5)6)30-32-27(20-37-30)26-10-8-9-11-28(26)36-7/h8-15,20-23H,16-19H2,1-7H3,(H,31,35). The fourth-order valence-corrected chi connectivity index (χ4v) is 5.21. The fourth-order valence-electron chi connectivity index (χ4n) is 4.36. The zero-order chi connectivity index (χ0) is 26.9. The molecule has 37 heavy (non-hydrogen) atoms. The Labute approximate surface area is 226 Å². The molecule has 0 spiro atoms. The quantitative estimate of drug-likeness (QED) is 0.284. The molecule has 0 aliphatic rings. The first kappa shape index (κ1) is 28.7. The van der Waals surface area contributed by atoms with Gasteiger partial charge < -0.3 is 15.0 Å². The third-order valence-electron chi connectivity index (χ3n) is 6.36. The van der Waals surface area contributed by atoms with Crippen LogP contribution in [0.2, 0.25) is 0 Å². The molecule has 0 aliphatic heterocycles. The number of nitrogens with zero attached hydrogens (tertiary/aromatic N) is 3. The lowest BCUT2D eigenvalue weighted by molar-refractivity contribution is 0.0949. The summed E-state index contributed by atoms with van der Waals surface area (Å²) < 4.78 is 5.57. The van der Waals surface area contributed by atoms with E-state index in [0.717, 1.165) is 47.3 Å². The number of para-hydroxylation sites is 1. The summed E-state index contributed by atoms with van der Waals surface area (Å²) >= 11 is 1.65. The molecule has 2 aromatic carbocycles. The number of hydrogen-bond donors (Lipinski definition) is 1. The van der Waals surface area contributed by atoms with Gasteiger partial charge in [0.1, 0.15) is 5.75 Å². The fraction of sp³-hybridized carbons (Fsp3) is 0.467. The molecule has 0 aliphatic carbocycles. The summed E-state index contributed by atoms with van der Waals surface area (Å²) in [5.41, 5.74) is 3.75. The number of benzene rings is 2. The van der Waals surface area contributed by atoms with Crippen molar-refractivity contribution in [2.24, 2.45) is 5.92 Å². The molecule has 1 aromatic heterocycles. The Morgan fingerprint density at radius 1 is 0.973 bits per heavy atom. The number of carbonyl (C=O) groups excluding carboxylic acids is 1. The third-order valence-corrected chi connectivity index (χ3v) is 7.26. The molecule has 0 saturated carbocycles. The number of aromatic nitrogens is 1. The summed E-state index contributed by atoms with van der Waals surface area (Å²) in [7, 11) is 1.69. The first-order chi connectivity index (χ1) is 17.7. The maximum Gasteiger partial charge on any atom is 0.251 e. The molecule has 0 atom stereocenters. The molecule has 0 bridgehead atoms. The number of methoxy groups -OCH3 is 1. The maximum absolute atomic E-state index is 12.5. The lowest BCUT2D eigenvalue weighted by Gasteiger charge is -2.33. The number of thiazole rings is 1. The van der Waals surface area contributed by atoms with Crippen molar-refractivity contribution in [1.29, 1.82) is 0 Å². The molecule has 1 heterocycles. The molecule has 3 aromatic rings. The number of hydrogen-bond acceptors (Lipinski definition) is 6. The van der Waals surface area contributed by atoms with Gasteiger partial charge >= 0.3 is 0 Å². The number of nitrogens with one attached hydrogen (secondary N) is 1. The van der Waals surface area contributed by atoms with Gasteiger partial charge in [-0.25, -0.2) is 4.98 Å². The van der Waals surface area contributed by atoms with E-state index >= 15 is 0 Å². The number of carbonyl (C=O) groups is 1. The third kappa shape index (κ3) is 8.04. The lowest BCUT2D eigenvalue weighted by atomic mass is 10.1. The lowest BCUT2D eigenvalue weighted by Crippen LogP contribution is -2.42. The zero-order valence-electron chi connectivity index (χ0n) is 23.3. The molecule has 200 valence electrons. The van der Waals surface area contributed by atoms with E-state index in [0.29, 0.717) is 30.1 Å². The Morgan fingerprint density at radius 2 is 1.65 bits per heavy atom. The molecule has 7 heteroatoms. The Bertz CT molecular complexity index is 1120. The van der Waals surface area contributed by atoms with Crippen LogP contribution in [0.3, 0.4) is 0 Å². The van der Waals surface area contributed by atoms with E-state index in [1.165, 1.54) is 0 Å².